The first-order valence-electron chi connectivity index (χ1n) is 4.00. The number of rotatable bonds is 1. The molecule has 0 aliphatic carbocycles. The van der Waals surface area contributed by atoms with Crippen LogP contribution >= 0.6 is 0 Å². The lowest BCUT2D eigenvalue weighted by Crippen LogP contribution is -2.53. The summed E-state index contributed by atoms with van der Waals surface area (Å²) in [5, 5.41) is 8.47. The Labute approximate surface area is 72.4 Å². The Morgan fingerprint density at radius 2 is 2.42 bits per heavy atom. The summed E-state index contributed by atoms with van der Waals surface area (Å²) >= 11 is 0. The number of hydrogen-bond acceptors (Lipinski definition) is 3. The van der Waals surface area contributed by atoms with E-state index in [2.05, 4.69) is 6.07 Å². The normalized spacial score (nSPS) is 25.6. The molecule has 1 aliphatic rings. The lowest BCUT2D eigenvalue weighted by Gasteiger charge is -2.36. The van der Waals surface area contributed by atoms with E-state index in [9.17, 15) is 4.79 Å². The minimum absolute atomic E-state index is 0.100. The summed E-state index contributed by atoms with van der Waals surface area (Å²) in [5.74, 6) is 0.100. The number of piperazine rings is 1. The highest BCUT2D eigenvalue weighted by Crippen LogP contribution is 2.07. The molecule has 1 rings (SSSR count). The topological polar surface area (TPSA) is 47.3 Å². The molecule has 0 aromatic carbocycles. The van der Waals surface area contributed by atoms with Gasteiger partial charge in [0.15, 0.2) is 0 Å². The maximum atomic E-state index is 11.2. The van der Waals surface area contributed by atoms with Gasteiger partial charge < -0.3 is 4.90 Å². The number of nitrogens with zero attached hydrogens (tertiary/aromatic N) is 3. The third-order valence-corrected chi connectivity index (χ3v) is 2.20. The zero-order chi connectivity index (χ0) is 9.14. The van der Waals surface area contributed by atoms with Crippen molar-refractivity contribution in [1.82, 2.24) is 9.80 Å². The Kier molecular flexibility index (Phi) is 2.66. The first-order chi connectivity index (χ1) is 5.65. The van der Waals surface area contributed by atoms with Crippen molar-refractivity contribution < 1.29 is 4.79 Å². The standard InChI is InChI=1S/C8H13N3O/c1-7-5-10(2)8(12)6-11(7)4-3-9/h7H,4-6H2,1-2H3. The number of likely N-dealkylation sites (N-methyl/N-ethyl adjacent to an activating group) is 1. The maximum absolute atomic E-state index is 11.2. The first-order valence-corrected chi connectivity index (χ1v) is 4.00. The summed E-state index contributed by atoms with van der Waals surface area (Å²) in [6.45, 7) is 3.48. The van der Waals surface area contributed by atoms with Crippen molar-refractivity contribution in [2.75, 3.05) is 26.7 Å². The number of carbonyl (C=O) groups excluding carboxylic acids is 1. The van der Waals surface area contributed by atoms with Crippen molar-refractivity contribution in [1.29, 1.82) is 5.26 Å². The second-order valence-electron chi connectivity index (χ2n) is 3.19. The molecule has 66 valence electrons. The van der Waals surface area contributed by atoms with Crippen molar-refractivity contribution in [2.24, 2.45) is 0 Å². The number of carbonyl (C=O) groups is 1. The van der Waals surface area contributed by atoms with Gasteiger partial charge in [0.05, 0.1) is 19.2 Å². The van der Waals surface area contributed by atoms with Gasteiger partial charge in [0.1, 0.15) is 0 Å². The average molecular weight is 167 g/mol. The molecule has 0 N–H and O–H groups in total. The highest BCUT2D eigenvalue weighted by molar-refractivity contribution is 5.78. The zero-order valence-electron chi connectivity index (χ0n) is 7.45. The van der Waals surface area contributed by atoms with Crippen LogP contribution in [0.15, 0.2) is 0 Å². The fourth-order valence-electron chi connectivity index (χ4n) is 1.37. The van der Waals surface area contributed by atoms with Crippen LogP contribution in [0.5, 0.6) is 0 Å². The smallest absolute Gasteiger partial charge is 0.236 e. The number of hydrogen-bond donors (Lipinski definition) is 0. The number of amides is 1. The van der Waals surface area contributed by atoms with E-state index in [-0.39, 0.29) is 5.91 Å². The third kappa shape index (κ3) is 1.74. The van der Waals surface area contributed by atoms with E-state index in [4.69, 9.17) is 5.26 Å². The quantitative estimate of drug-likeness (QED) is 0.502. The van der Waals surface area contributed by atoms with Crippen LogP contribution < -0.4 is 0 Å². The Balaban J connectivity index is 2.56. The van der Waals surface area contributed by atoms with Gasteiger partial charge in [0.2, 0.25) is 5.91 Å². The van der Waals surface area contributed by atoms with Crippen LogP contribution in [0, 0.1) is 11.3 Å². The van der Waals surface area contributed by atoms with Crippen LogP contribution in [0.1, 0.15) is 6.92 Å². The zero-order valence-corrected chi connectivity index (χ0v) is 7.45. The van der Waals surface area contributed by atoms with E-state index in [0.29, 0.717) is 19.1 Å². The van der Waals surface area contributed by atoms with Crippen molar-refractivity contribution in [3.8, 4) is 6.07 Å². The summed E-state index contributed by atoms with van der Waals surface area (Å²) < 4.78 is 0. The molecule has 12 heavy (non-hydrogen) atoms. The highest BCUT2D eigenvalue weighted by Gasteiger charge is 2.26. The predicted molar refractivity (Wildman–Crippen MR) is 44.3 cm³/mol. The molecule has 0 aromatic heterocycles. The lowest BCUT2D eigenvalue weighted by atomic mass is 10.2. The van der Waals surface area contributed by atoms with Gasteiger partial charge in [-0.05, 0) is 6.92 Å². The second-order valence-corrected chi connectivity index (χ2v) is 3.19. The van der Waals surface area contributed by atoms with Crippen LogP contribution in [0.25, 0.3) is 0 Å². The fourth-order valence-corrected chi connectivity index (χ4v) is 1.37. The van der Waals surface area contributed by atoms with Gasteiger partial charge in [0, 0.05) is 19.6 Å². The molecule has 1 fully saturated rings. The molecule has 1 amide bonds. The lowest BCUT2D eigenvalue weighted by molar-refractivity contribution is -0.136. The molecule has 1 aliphatic heterocycles. The molecule has 1 atom stereocenters. The van der Waals surface area contributed by atoms with E-state index < -0.39 is 0 Å². The van der Waals surface area contributed by atoms with E-state index in [1.165, 1.54) is 0 Å². The Bertz CT molecular complexity index is 221. The molecule has 4 nitrogen and oxygen atoms in total. The van der Waals surface area contributed by atoms with Crippen molar-refractivity contribution in [3.63, 3.8) is 0 Å². The molecule has 0 radical (unpaired) electrons. The van der Waals surface area contributed by atoms with Gasteiger partial charge in [-0.15, -0.1) is 0 Å². The predicted octanol–water partition coefficient (Wildman–Crippen LogP) is -0.328. The molecular weight excluding hydrogens is 154 g/mol. The number of nitriles is 1. The Hall–Kier alpha value is -1.08. The monoisotopic (exact) mass is 167 g/mol. The molecule has 0 spiro atoms. The Morgan fingerprint density at radius 1 is 1.75 bits per heavy atom. The fraction of sp³-hybridized carbons (Fsp3) is 0.750. The van der Waals surface area contributed by atoms with E-state index in [0.717, 1.165) is 6.54 Å². The average Bonchev–Trinajstić information content (AvgIpc) is 2.01. The summed E-state index contributed by atoms with van der Waals surface area (Å²) in [7, 11) is 1.79. The molecule has 0 aromatic rings. The molecule has 0 bridgehead atoms. The van der Waals surface area contributed by atoms with Crippen LogP contribution in [-0.4, -0.2) is 48.4 Å². The van der Waals surface area contributed by atoms with Gasteiger partial charge in [-0.25, -0.2) is 0 Å². The van der Waals surface area contributed by atoms with Crippen LogP contribution in [0.2, 0.25) is 0 Å². The summed E-state index contributed by atoms with van der Waals surface area (Å²) in [6.07, 6.45) is 0. The second kappa shape index (κ2) is 3.55. The van der Waals surface area contributed by atoms with E-state index >= 15 is 0 Å². The summed E-state index contributed by atoms with van der Waals surface area (Å²) in [6, 6.07) is 2.36. The molecule has 0 saturated carbocycles. The molecule has 4 heteroatoms. The van der Waals surface area contributed by atoms with Gasteiger partial charge in [-0.3, -0.25) is 9.69 Å². The van der Waals surface area contributed by atoms with Gasteiger partial charge >= 0.3 is 0 Å². The highest BCUT2D eigenvalue weighted by atomic mass is 16.2. The minimum Gasteiger partial charge on any atom is -0.343 e. The molecular formula is C8H13N3O. The summed E-state index contributed by atoms with van der Waals surface area (Å²) in [5.41, 5.74) is 0. The van der Waals surface area contributed by atoms with Crippen LogP contribution in [-0.2, 0) is 4.79 Å². The third-order valence-electron chi connectivity index (χ3n) is 2.20. The Morgan fingerprint density at radius 3 is 3.00 bits per heavy atom. The van der Waals surface area contributed by atoms with Crippen LogP contribution in [0.3, 0.4) is 0 Å². The van der Waals surface area contributed by atoms with Crippen molar-refractivity contribution >= 4 is 5.91 Å². The van der Waals surface area contributed by atoms with E-state index in [1.807, 2.05) is 11.8 Å². The van der Waals surface area contributed by atoms with Crippen molar-refractivity contribution in [2.45, 2.75) is 13.0 Å². The van der Waals surface area contributed by atoms with Crippen LogP contribution in [0.4, 0.5) is 0 Å². The van der Waals surface area contributed by atoms with Crippen molar-refractivity contribution in [3.05, 3.63) is 0 Å². The SMILES string of the molecule is CC1CN(C)C(=O)CN1CC#N. The van der Waals surface area contributed by atoms with Gasteiger partial charge in [-0.2, -0.15) is 5.26 Å². The molecule has 1 heterocycles. The largest absolute Gasteiger partial charge is 0.343 e. The van der Waals surface area contributed by atoms with E-state index in [1.54, 1.807) is 11.9 Å². The van der Waals surface area contributed by atoms with Gasteiger partial charge in [-0.1, -0.05) is 0 Å². The molecule has 1 unspecified atom stereocenters. The maximum Gasteiger partial charge on any atom is 0.236 e. The summed E-state index contributed by atoms with van der Waals surface area (Å²) in [4.78, 5) is 14.8. The minimum atomic E-state index is 0.100. The molecule has 1 saturated heterocycles. The first kappa shape index (κ1) is 9.01. The van der Waals surface area contributed by atoms with Gasteiger partial charge in [0.25, 0.3) is 0 Å².